The van der Waals surface area contributed by atoms with Crippen LogP contribution in [0.1, 0.15) is 11.4 Å². The molecule has 0 amide bonds. The predicted octanol–water partition coefficient (Wildman–Crippen LogP) is 3.51. The molecule has 0 aliphatic heterocycles. The molecule has 3 nitrogen and oxygen atoms in total. The maximum absolute atomic E-state index is 13.4. The van der Waals surface area contributed by atoms with E-state index in [4.69, 9.17) is 0 Å². The van der Waals surface area contributed by atoms with Crippen LogP contribution in [0.25, 0.3) is 0 Å². The molecule has 0 bridgehead atoms. The van der Waals surface area contributed by atoms with Crippen molar-refractivity contribution in [3.05, 3.63) is 46.2 Å². The number of aromatic nitrogens is 2. The van der Waals surface area contributed by atoms with E-state index >= 15 is 0 Å². The van der Waals surface area contributed by atoms with Crippen molar-refractivity contribution < 1.29 is 4.39 Å². The third kappa shape index (κ3) is 2.90. The Balaban J connectivity index is 1.99. The number of hydrogen-bond donors (Lipinski definition) is 1. The van der Waals surface area contributed by atoms with Gasteiger partial charge in [0.1, 0.15) is 11.6 Å². The topological polar surface area (TPSA) is 29.9 Å². The molecule has 0 fully saturated rings. The van der Waals surface area contributed by atoms with Gasteiger partial charge in [0.2, 0.25) is 0 Å². The SMILES string of the molecule is Cc1cc(Br)c(F)cc1NCCn1ccnc1C. The van der Waals surface area contributed by atoms with Crippen molar-refractivity contribution in [3.63, 3.8) is 0 Å². The molecular weight excluding hydrogens is 297 g/mol. The Kier molecular flexibility index (Phi) is 4.01. The van der Waals surface area contributed by atoms with E-state index < -0.39 is 0 Å². The highest BCUT2D eigenvalue weighted by molar-refractivity contribution is 9.10. The van der Waals surface area contributed by atoms with E-state index in [1.807, 2.05) is 20.0 Å². The molecule has 0 saturated carbocycles. The summed E-state index contributed by atoms with van der Waals surface area (Å²) >= 11 is 3.17. The summed E-state index contributed by atoms with van der Waals surface area (Å²) in [6.45, 7) is 5.46. The molecule has 96 valence electrons. The summed E-state index contributed by atoms with van der Waals surface area (Å²) in [6, 6.07) is 3.29. The molecule has 1 heterocycles. The first-order chi connectivity index (χ1) is 8.58. The van der Waals surface area contributed by atoms with E-state index in [1.165, 1.54) is 6.07 Å². The zero-order valence-electron chi connectivity index (χ0n) is 10.4. The average molecular weight is 312 g/mol. The molecule has 0 radical (unpaired) electrons. The fourth-order valence-corrected chi connectivity index (χ4v) is 2.25. The number of rotatable bonds is 4. The minimum absolute atomic E-state index is 0.248. The van der Waals surface area contributed by atoms with Crippen LogP contribution >= 0.6 is 15.9 Å². The van der Waals surface area contributed by atoms with E-state index in [0.717, 1.165) is 30.2 Å². The largest absolute Gasteiger partial charge is 0.383 e. The van der Waals surface area contributed by atoms with Crippen LogP contribution in [-0.2, 0) is 6.54 Å². The van der Waals surface area contributed by atoms with Crippen LogP contribution in [0.2, 0.25) is 0 Å². The first-order valence-corrected chi connectivity index (χ1v) is 6.54. The van der Waals surface area contributed by atoms with Gasteiger partial charge in [-0.25, -0.2) is 9.37 Å². The molecular formula is C13H15BrFN3. The highest BCUT2D eigenvalue weighted by Crippen LogP contribution is 2.23. The lowest BCUT2D eigenvalue weighted by molar-refractivity contribution is 0.620. The first-order valence-electron chi connectivity index (χ1n) is 5.75. The summed E-state index contributed by atoms with van der Waals surface area (Å²) < 4.78 is 16.0. The van der Waals surface area contributed by atoms with E-state index in [0.29, 0.717) is 4.47 Å². The highest BCUT2D eigenvalue weighted by Gasteiger charge is 2.05. The van der Waals surface area contributed by atoms with Crippen molar-refractivity contribution in [2.75, 3.05) is 11.9 Å². The Morgan fingerprint density at radius 1 is 1.39 bits per heavy atom. The second kappa shape index (κ2) is 5.52. The van der Waals surface area contributed by atoms with E-state index in [1.54, 1.807) is 12.3 Å². The number of aryl methyl sites for hydroxylation is 2. The molecule has 0 saturated heterocycles. The normalized spacial score (nSPS) is 10.7. The van der Waals surface area contributed by atoms with Gasteiger partial charge in [-0.15, -0.1) is 0 Å². The second-order valence-corrected chi connectivity index (χ2v) is 5.03. The van der Waals surface area contributed by atoms with Crippen molar-refractivity contribution >= 4 is 21.6 Å². The van der Waals surface area contributed by atoms with E-state index in [-0.39, 0.29) is 5.82 Å². The van der Waals surface area contributed by atoms with Crippen LogP contribution in [0.15, 0.2) is 29.0 Å². The van der Waals surface area contributed by atoms with Crippen molar-refractivity contribution in [1.82, 2.24) is 9.55 Å². The van der Waals surface area contributed by atoms with Crippen molar-refractivity contribution in [1.29, 1.82) is 0 Å². The lowest BCUT2D eigenvalue weighted by Gasteiger charge is -2.11. The van der Waals surface area contributed by atoms with Gasteiger partial charge in [0.25, 0.3) is 0 Å². The zero-order chi connectivity index (χ0) is 13.1. The summed E-state index contributed by atoms with van der Waals surface area (Å²) in [6.07, 6.45) is 3.71. The van der Waals surface area contributed by atoms with E-state index in [9.17, 15) is 4.39 Å². The van der Waals surface area contributed by atoms with Crippen LogP contribution in [0, 0.1) is 19.7 Å². The van der Waals surface area contributed by atoms with Gasteiger partial charge in [-0.05, 0) is 47.5 Å². The molecule has 2 rings (SSSR count). The minimum atomic E-state index is -0.248. The molecule has 2 aromatic rings. The van der Waals surface area contributed by atoms with Crippen LogP contribution in [0.4, 0.5) is 10.1 Å². The lowest BCUT2D eigenvalue weighted by Crippen LogP contribution is -2.11. The van der Waals surface area contributed by atoms with Gasteiger partial charge in [0.15, 0.2) is 0 Å². The number of anilines is 1. The monoisotopic (exact) mass is 311 g/mol. The number of hydrogen-bond acceptors (Lipinski definition) is 2. The van der Waals surface area contributed by atoms with Gasteiger partial charge in [0.05, 0.1) is 4.47 Å². The van der Waals surface area contributed by atoms with Crippen LogP contribution in [0.3, 0.4) is 0 Å². The fraction of sp³-hybridized carbons (Fsp3) is 0.308. The predicted molar refractivity (Wildman–Crippen MR) is 74.3 cm³/mol. The smallest absolute Gasteiger partial charge is 0.139 e. The molecule has 0 spiro atoms. The minimum Gasteiger partial charge on any atom is -0.383 e. The number of nitrogens with one attached hydrogen (secondary N) is 1. The molecule has 1 aromatic heterocycles. The highest BCUT2D eigenvalue weighted by atomic mass is 79.9. The zero-order valence-corrected chi connectivity index (χ0v) is 12.0. The quantitative estimate of drug-likeness (QED) is 0.936. The van der Waals surface area contributed by atoms with Gasteiger partial charge < -0.3 is 9.88 Å². The molecule has 5 heteroatoms. The average Bonchev–Trinajstić information content (AvgIpc) is 2.72. The third-order valence-corrected chi connectivity index (χ3v) is 3.47. The van der Waals surface area contributed by atoms with E-state index in [2.05, 4.69) is 30.8 Å². The van der Waals surface area contributed by atoms with Crippen molar-refractivity contribution in [2.24, 2.45) is 0 Å². The van der Waals surface area contributed by atoms with Gasteiger partial charge in [0, 0.05) is 31.2 Å². The number of imidazole rings is 1. The molecule has 1 N–H and O–H groups in total. The Labute approximate surface area is 114 Å². The van der Waals surface area contributed by atoms with Crippen molar-refractivity contribution in [3.8, 4) is 0 Å². The summed E-state index contributed by atoms with van der Waals surface area (Å²) in [5, 5.41) is 3.24. The molecule has 18 heavy (non-hydrogen) atoms. The Hall–Kier alpha value is -1.36. The Morgan fingerprint density at radius 3 is 2.83 bits per heavy atom. The molecule has 0 atom stereocenters. The first kappa shape index (κ1) is 13.1. The number of benzene rings is 1. The Morgan fingerprint density at radius 2 is 2.17 bits per heavy atom. The van der Waals surface area contributed by atoms with Gasteiger partial charge in [-0.3, -0.25) is 0 Å². The number of nitrogens with zero attached hydrogens (tertiary/aromatic N) is 2. The van der Waals surface area contributed by atoms with Crippen LogP contribution in [-0.4, -0.2) is 16.1 Å². The van der Waals surface area contributed by atoms with Crippen LogP contribution < -0.4 is 5.32 Å². The molecule has 0 unspecified atom stereocenters. The summed E-state index contributed by atoms with van der Waals surface area (Å²) in [4.78, 5) is 4.15. The van der Waals surface area contributed by atoms with Crippen molar-refractivity contribution in [2.45, 2.75) is 20.4 Å². The summed E-state index contributed by atoms with van der Waals surface area (Å²) in [5.41, 5.74) is 1.85. The van der Waals surface area contributed by atoms with Gasteiger partial charge in [-0.2, -0.15) is 0 Å². The molecule has 0 aliphatic carbocycles. The van der Waals surface area contributed by atoms with Gasteiger partial charge in [-0.1, -0.05) is 0 Å². The molecule has 0 aliphatic rings. The molecule has 1 aromatic carbocycles. The summed E-state index contributed by atoms with van der Waals surface area (Å²) in [5.74, 6) is 0.734. The number of halogens is 2. The second-order valence-electron chi connectivity index (χ2n) is 4.18. The maximum atomic E-state index is 13.4. The fourth-order valence-electron chi connectivity index (χ4n) is 1.79. The van der Waals surface area contributed by atoms with Gasteiger partial charge >= 0.3 is 0 Å². The third-order valence-electron chi connectivity index (χ3n) is 2.86. The lowest BCUT2D eigenvalue weighted by atomic mass is 10.2. The Bertz CT molecular complexity index is 551. The van der Waals surface area contributed by atoms with Crippen LogP contribution in [0.5, 0.6) is 0 Å². The maximum Gasteiger partial charge on any atom is 0.139 e. The summed E-state index contributed by atoms with van der Waals surface area (Å²) in [7, 11) is 0. The standard InChI is InChI=1S/C13H15BrFN3/c1-9-7-11(14)12(15)8-13(9)17-4-6-18-5-3-16-10(18)2/h3,5,7-8,17H,4,6H2,1-2H3.